The second-order valence-corrected chi connectivity index (χ2v) is 8.67. The number of hydrogen-bond donors (Lipinski definition) is 1. The van der Waals surface area contributed by atoms with E-state index in [4.69, 9.17) is 23.4 Å². The van der Waals surface area contributed by atoms with Crippen LogP contribution in [0.2, 0.25) is 0 Å². The highest BCUT2D eigenvalue weighted by atomic mass is 16.7. The van der Waals surface area contributed by atoms with E-state index in [1.807, 2.05) is 19.1 Å². The monoisotopic (exact) mass is 464 g/mol. The highest BCUT2D eigenvalue weighted by molar-refractivity contribution is 5.85. The molecule has 0 atom stereocenters. The van der Waals surface area contributed by atoms with E-state index in [0.29, 0.717) is 58.1 Å². The highest BCUT2D eigenvalue weighted by Gasteiger charge is 2.18. The number of rotatable bonds is 8. The SMILES string of the molecule is COc1cc2c(=O)c(-c3ccc4c(c3)OCO4)coc2cc1OCC=C(C)CC=CC(C)(C)O. The average molecular weight is 465 g/mol. The van der Waals surface area contributed by atoms with Gasteiger partial charge in [0.2, 0.25) is 12.2 Å². The molecule has 3 aromatic rings. The Balaban J connectivity index is 1.56. The summed E-state index contributed by atoms with van der Waals surface area (Å²) in [6, 6.07) is 8.63. The Morgan fingerprint density at radius 2 is 1.94 bits per heavy atom. The molecule has 0 unspecified atom stereocenters. The summed E-state index contributed by atoms with van der Waals surface area (Å²) in [7, 11) is 1.53. The van der Waals surface area contributed by atoms with E-state index >= 15 is 0 Å². The van der Waals surface area contributed by atoms with Crippen LogP contribution in [0.1, 0.15) is 27.2 Å². The molecule has 4 rings (SSSR count). The fraction of sp³-hybridized carbons (Fsp3) is 0.296. The first-order valence-corrected chi connectivity index (χ1v) is 11.0. The molecule has 178 valence electrons. The number of hydrogen-bond acceptors (Lipinski definition) is 7. The lowest BCUT2D eigenvalue weighted by Gasteiger charge is -2.12. The lowest BCUT2D eigenvalue weighted by Crippen LogP contribution is -2.13. The van der Waals surface area contributed by atoms with E-state index in [1.165, 1.54) is 13.4 Å². The van der Waals surface area contributed by atoms with Gasteiger partial charge in [-0.1, -0.05) is 23.8 Å². The lowest BCUT2D eigenvalue weighted by molar-refractivity contribution is 0.133. The van der Waals surface area contributed by atoms with Crippen LogP contribution in [-0.4, -0.2) is 31.2 Å². The molecule has 1 aromatic heterocycles. The second kappa shape index (κ2) is 9.65. The van der Waals surface area contributed by atoms with Crippen molar-refractivity contribution in [1.82, 2.24) is 0 Å². The van der Waals surface area contributed by atoms with Gasteiger partial charge in [-0.3, -0.25) is 4.79 Å². The first kappa shape index (κ1) is 23.4. The third kappa shape index (κ3) is 5.26. The van der Waals surface area contributed by atoms with E-state index < -0.39 is 5.60 Å². The molecule has 1 N–H and O–H groups in total. The molecule has 7 heteroatoms. The van der Waals surface area contributed by atoms with Crippen LogP contribution >= 0.6 is 0 Å². The van der Waals surface area contributed by atoms with E-state index in [9.17, 15) is 9.90 Å². The Labute approximate surface area is 197 Å². The average Bonchev–Trinajstić information content (AvgIpc) is 3.26. The molecule has 7 nitrogen and oxygen atoms in total. The van der Waals surface area contributed by atoms with E-state index in [2.05, 4.69) is 0 Å². The number of aliphatic hydroxyl groups is 1. The molecule has 0 saturated carbocycles. The molecule has 2 aromatic carbocycles. The van der Waals surface area contributed by atoms with Gasteiger partial charge in [-0.25, -0.2) is 0 Å². The molecule has 0 bridgehead atoms. The van der Waals surface area contributed by atoms with Gasteiger partial charge in [0.15, 0.2) is 23.0 Å². The Morgan fingerprint density at radius 3 is 2.71 bits per heavy atom. The first-order valence-electron chi connectivity index (χ1n) is 11.0. The predicted octanol–water partition coefficient (Wildman–Crippen LogP) is 5.24. The summed E-state index contributed by atoms with van der Waals surface area (Å²) < 4.78 is 27.9. The third-order valence-corrected chi connectivity index (χ3v) is 5.38. The zero-order valence-electron chi connectivity index (χ0n) is 19.7. The number of fused-ring (bicyclic) bond motifs is 2. The quantitative estimate of drug-likeness (QED) is 0.456. The van der Waals surface area contributed by atoms with Gasteiger partial charge in [0.25, 0.3) is 0 Å². The standard InChI is InChI=1S/C27H28O7/c1-17(6-5-10-27(2,3)29)9-11-31-25-14-22-19(13-23(25)30-4)26(28)20(15-32-22)18-7-8-21-24(12-18)34-16-33-21/h5,7-10,12-15,29H,6,11,16H2,1-4H3. The maximum atomic E-state index is 13.2. The summed E-state index contributed by atoms with van der Waals surface area (Å²) in [5, 5.41) is 10.1. The van der Waals surface area contributed by atoms with Crippen LogP contribution in [0.15, 0.2) is 69.6 Å². The van der Waals surface area contributed by atoms with E-state index in [-0.39, 0.29) is 12.2 Å². The normalized spacial score (nSPS) is 13.6. The van der Waals surface area contributed by atoms with Crippen LogP contribution in [0.4, 0.5) is 0 Å². The Bertz CT molecular complexity index is 1310. The Hall–Kier alpha value is -3.71. The van der Waals surface area contributed by atoms with Crippen molar-refractivity contribution in [2.75, 3.05) is 20.5 Å². The van der Waals surface area contributed by atoms with Gasteiger partial charge in [0.1, 0.15) is 18.5 Å². The second-order valence-electron chi connectivity index (χ2n) is 8.67. The highest BCUT2D eigenvalue weighted by Crippen LogP contribution is 2.36. The topological polar surface area (TPSA) is 87.4 Å². The van der Waals surface area contributed by atoms with Crippen molar-refractivity contribution in [3.05, 3.63) is 70.6 Å². The number of methoxy groups -OCH3 is 1. The van der Waals surface area contributed by atoms with Gasteiger partial charge in [0.05, 0.1) is 23.7 Å². The molecule has 0 spiro atoms. The summed E-state index contributed by atoms with van der Waals surface area (Å²) >= 11 is 0. The van der Waals surface area contributed by atoms with Gasteiger partial charge in [-0.05, 0) is 57.0 Å². The molecule has 34 heavy (non-hydrogen) atoms. The molecule has 0 radical (unpaired) electrons. The molecular weight excluding hydrogens is 436 g/mol. The van der Waals surface area contributed by atoms with Gasteiger partial charge in [-0.2, -0.15) is 0 Å². The molecule has 0 amide bonds. The van der Waals surface area contributed by atoms with Crippen molar-refractivity contribution in [2.45, 2.75) is 32.8 Å². The minimum absolute atomic E-state index is 0.164. The van der Waals surface area contributed by atoms with Crippen LogP contribution in [0.5, 0.6) is 23.0 Å². The zero-order valence-corrected chi connectivity index (χ0v) is 19.7. The molecule has 0 saturated heterocycles. The molecule has 0 aliphatic carbocycles. The van der Waals surface area contributed by atoms with Crippen molar-refractivity contribution in [3.8, 4) is 34.1 Å². The van der Waals surface area contributed by atoms with Crippen LogP contribution in [-0.2, 0) is 0 Å². The Kier molecular flexibility index (Phi) is 6.65. The van der Waals surface area contributed by atoms with Crippen LogP contribution in [0, 0.1) is 0 Å². The minimum atomic E-state index is -0.832. The summed E-state index contributed by atoms with van der Waals surface area (Å²) in [5.41, 5.74) is 1.58. The zero-order chi connectivity index (χ0) is 24.3. The fourth-order valence-corrected chi connectivity index (χ4v) is 3.56. The van der Waals surface area contributed by atoms with Crippen LogP contribution in [0.25, 0.3) is 22.1 Å². The van der Waals surface area contributed by atoms with Gasteiger partial charge in [-0.15, -0.1) is 0 Å². The van der Waals surface area contributed by atoms with Crippen LogP contribution in [0.3, 0.4) is 0 Å². The van der Waals surface area contributed by atoms with Crippen molar-refractivity contribution in [3.63, 3.8) is 0 Å². The summed E-state index contributed by atoms with van der Waals surface area (Å²) in [6.07, 6.45) is 7.79. The van der Waals surface area contributed by atoms with Crippen molar-refractivity contribution in [1.29, 1.82) is 0 Å². The van der Waals surface area contributed by atoms with Gasteiger partial charge in [0, 0.05) is 6.07 Å². The van der Waals surface area contributed by atoms with Crippen LogP contribution < -0.4 is 24.4 Å². The predicted molar refractivity (Wildman–Crippen MR) is 130 cm³/mol. The van der Waals surface area contributed by atoms with Gasteiger partial charge >= 0.3 is 0 Å². The van der Waals surface area contributed by atoms with Crippen molar-refractivity contribution < 1.29 is 28.5 Å². The lowest BCUT2D eigenvalue weighted by atomic mass is 10.0. The maximum Gasteiger partial charge on any atom is 0.231 e. The molecule has 2 heterocycles. The summed E-state index contributed by atoms with van der Waals surface area (Å²) in [6.45, 7) is 5.94. The maximum absolute atomic E-state index is 13.2. The number of ether oxygens (including phenoxy) is 4. The molecule has 1 aliphatic rings. The molecule has 0 fully saturated rings. The summed E-state index contributed by atoms with van der Waals surface area (Å²) in [5.74, 6) is 2.16. The van der Waals surface area contributed by atoms with Crippen molar-refractivity contribution in [2.24, 2.45) is 0 Å². The smallest absolute Gasteiger partial charge is 0.231 e. The Morgan fingerprint density at radius 1 is 1.15 bits per heavy atom. The van der Waals surface area contributed by atoms with Crippen molar-refractivity contribution >= 4 is 11.0 Å². The summed E-state index contributed by atoms with van der Waals surface area (Å²) in [4.78, 5) is 13.2. The number of allylic oxidation sites excluding steroid dienone is 2. The van der Waals surface area contributed by atoms with E-state index in [0.717, 1.165) is 5.57 Å². The number of benzene rings is 2. The van der Waals surface area contributed by atoms with E-state index in [1.54, 1.807) is 50.3 Å². The minimum Gasteiger partial charge on any atom is -0.493 e. The fourth-order valence-electron chi connectivity index (χ4n) is 3.56. The first-order chi connectivity index (χ1) is 16.2. The van der Waals surface area contributed by atoms with Gasteiger partial charge < -0.3 is 28.5 Å². The molecule has 1 aliphatic heterocycles. The largest absolute Gasteiger partial charge is 0.493 e. The third-order valence-electron chi connectivity index (χ3n) is 5.38. The molecular formula is C27H28O7.